The van der Waals surface area contributed by atoms with Crippen LogP contribution in [0.3, 0.4) is 0 Å². The molecule has 60 valence electrons. The van der Waals surface area contributed by atoms with Gasteiger partial charge in [0.05, 0.1) is 0 Å². The van der Waals surface area contributed by atoms with Gasteiger partial charge in [0, 0.05) is 10.00 Å². The molecule has 11 heavy (non-hydrogen) atoms. The summed E-state index contributed by atoms with van der Waals surface area (Å²) in [7, 11) is 0. The minimum atomic E-state index is 0.771. The Bertz CT molecular complexity index is 209. The van der Waals surface area contributed by atoms with E-state index >= 15 is 0 Å². The van der Waals surface area contributed by atoms with Crippen molar-refractivity contribution in [2.24, 2.45) is 5.92 Å². The quantitative estimate of drug-likeness (QED) is 0.394. The molecule has 0 radical (unpaired) electrons. The maximum atomic E-state index is 2.41. The predicted molar refractivity (Wildman–Crippen MR) is 49.8 cm³/mol. The Labute approximate surface area is 72.4 Å². The highest BCUT2D eigenvalue weighted by Crippen LogP contribution is 2.67. The van der Waals surface area contributed by atoms with Gasteiger partial charge in [-0.1, -0.05) is 18.6 Å². The summed E-state index contributed by atoms with van der Waals surface area (Å²) in [6, 6.07) is 0. The van der Waals surface area contributed by atoms with Gasteiger partial charge in [-0.3, -0.25) is 0 Å². The van der Waals surface area contributed by atoms with Gasteiger partial charge in [-0.05, 0) is 31.6 Å². The largest absolute Gasteiger partial charge is 0.148 e. The summed E-state index contributed by atoms with van der Waals surface area (Å²) < 4.78 is 0.771. The molecule has 0 aromatic carbocycles. The van der Waals surface area contributed by atoms with Crippen molar-refractivity contribution in [3.8, 4) is 0 Å². The highest BCUT2D eigenvalue weighted by atomic mass is 32.2. The fraction of sp³-hybridized carbons (Fsp3) is 0.800. The minimum Gasteiger partial charge on any atom is -0.148 e. The van der Waals surface area contributed by atoms with Gasteiger partial charge in [0.15, 0.2) is 0 Å². The second kappa shape index (κ2) is 2.07. The first-order chi connectivity index (χ1) is 5.42. The highest BCUT2D eigenvalue weighted by Gasteiger charge is 2.60. The van der Waals surface area contributed by atoms with Crippen LogP contribution >= 0.6 is 11.8 Å². The Balaban J connectivity index is 1.91. The fourth-order valence-electron chi connectivity index (χ4n) is 2.88. The SMILES string of the molecule is C1=CCC23SC2CCCC3C1. The lowest BCUT2D eigenvalue weighted by molar-refractivity contribution is 0.315. The third kappa shape index (κ3) is 0.780. The average Bonchev–Trinajstić information content (AvgIpc) is 2.75. The van der Waals surface area contributed by atoms with Gasteiger partial charge < -0.3 is 0 Å². The van der Waals surface area contributed by atoms with E-state index in [4.69, 9.17) is 0 Å². The average molecular weight is 166 g/mol. The lowest BCUT2D eigenvalue weighted by Crippen LogP contribution is -2.31. The topological polar surface area (TPSA) is 0 Å². The zero-order valence-electron chi connectivity index (χ0n) is 6.75. The van der Waals surface area contributed by atoms with Crippen molar-refractivity contribution in [1.29, 1.82) is 0 Å². The fourth-order valence-corrected chi connectivity index (χ4v) is 4.63. The van der Waals surface area contributed by atoms with Crippen molar-refractivity contribution in [2.45, 2.75) is 42.1 Å². The molecule has 1 aliphatic heterocycles. The van der Waals surface area contributed by atoms with Crippen molar-refractivity contribution in [3.63, 3.8) is 0 Å². The smallest absolute Gasteiger partial charge is 0.0347 e. The molecule has 3 unspecified atom stereocenters. The van der Waals surface area contributed by atoms with Gasteiger partial charge in [-0.2, -0.15) is 0 Å². The summed E-state index contributed by atoms with van der Waals surface area (Å²) in [5.74, 6) is 1.05. The van der Waals surface area contributed by atoms with Crippen molar-refractivity contribution < 1.29 is 0 Å². The molecule has 1 saturated heterocycles. The van der Waals surface area contributed by atoms with Crippen LogP contribution < -0.4 is 0 Å². The van der Waals surface area contributed by atoms with Crippen LogP contribution in [0.2, 0.25) is 0 Å². The van der Waals surface area contributed by atoms with E-state index < -0.39 is 0 Å². The molecule has 3 atom stereocenters. The third-order valence-corrected chi connectivity index (χ3v) is 5.49. The first kappa shape index (κ1) is 6.59. The van der Waals surface area contributed by atoms with E-state index in [0.717, 1.165) is 15.9 Å². The molecule has 1 heterocycles. The van der Waals surface area contributed by atoms with E-state index in [0.29, 0.717) is 0 Å². The molecule has 2 fully saturated rings. The molecule has 3 rings (SSSR count). The number of rotatable bonds is 0. The van der Waals surface area contributed by atoms with Crippen molar-refractivity contribution >= 4 is 11.8 Å². The molecule has 2 aliphatic carbocycles. The van der Waals surface area contributed by atoms with E-state index in [1.54, 1.807) is 0 Å². The summed E-state index contributed by atoms with van der Waals surface area (Å²) in [4.78, 5) is 0. The van der Waals surface area contributed by atoms with E-state index in [1.807, 2.05) is 0 Å². The monoisotopic (exact) mass is 166 g/mol. The molecule has 0 N–H and O–H groups in total. The lowest BCUT2D eigenvalue weighted by Gasteiger charge is -2.31. The van der Waals surface area contributed by atoms with Crippen LogP contribution in [0, 0.1) is 5.92 Å². The van der Waals surface area contributed by atoms with E-state index in [1.165, 1.54) is 32.1 Å². The maximum absolute atomic E-state index is 2.41. The zero-order chi connectivity index (χ0) is 7.31. The van der Waals surface area contributed by atoms with Crippen LogP contribution in [0.4, 0.5) is 0 Å². The first-order valence-corrected chi connectivity index (χ1v) is 5.62. The summed E-state index contributed by atoms with van der Waals surface area (Å²) in [5.41, 5.74) is 0. The number of hydrogen-bond acceptors (Lipinski definition) is 1. The van der Waals surface area contributed by atoms with Gasteiger partial charge in [0.1, 0.15) is 0 Å². The Kier molecular flexibility index (Phi) is 1.24. The summed E-state index contributed by atoms with van der Waals surface area (Å²) in [6.45, 7) is 0. The number of hydrogen-bond donors (Lipinski definition) is 0. The first-order valence-electron chi connectivity index (χ1n) is 4.75. The Morgan fingerprint density at radius 2 is 2.27 bits per heavy atom. The van der Waals surface area contributed by atoms with Crippen LogP contribution in [-0.2, 0) is 0 Å². The third-order valence-electron chi connectivity index (χ3n) is 3.58. The highest BCUT2D eigenvalue weighted by molar-refractivity contribution is 8.08. The van der Waals surface area contributed by atoms with E-state index in [9.17, 15) is 0 Å². The molecule has 0 aromatic heterocycles. The standard InChI is InChI=1S/C10H14S/c1-2-7-10-8(4-1)5-3-6-9(10)11-10/h1-2,8-9H,3-7H2. The molecule has 0 aromatic rings. The van der Waals surface area contributed by atoms with Gasteiger partial charge in [0.25, 0.3) is 0 Å². The Hall–Kier alpha value is 0.0900. The summed E-state index contributed by atoms with van der Waals surface area (Å²) in [6.07, 6.45) is 12.1. The van der Waals surface area contributed by atoms with Crippen molar-refractivity contribution in [3.05, 3.63) is 12.2 Å². The molecule has 0 bridgehead atoms. The van der Waals surface area contributed by atoms with Crippen LogP contribution in [0.25, 0.3) is 0 Å². The molecule has 1 heteroatoms. The van der Waals surface area contributed by atoms with E-state index in [-0.39, 0.29) is 0 Å². The molecular formula is C10H14S. The van der Waals surface area contributed by atoms with Crippen molar-refractivity contribution in [1.82, 2.24) is 0 Å². The second-order valence-electron chi connectivity index (χ2n) is 4.10. The van der Waals surface area contributed by atoms with Crippen LogP contribution in [-0.4, -0.2) is 10.00 Å². The summed E-state index contributed by atoms with van der Waals surface area (Å²) >= 11 is 2.28. The molecule has 0 nitrogen and oxygen atoms in total. The van der Waals surface area contributed by atoms with Gasteiger partial charge in [-0.15, -0.1) is 11.8 Å². The Morgan fingerprint density at radius 1 is 1.27 bits per heavy atom. The number of allylic oxidation sites excluding steroid dienone is 2. The minimum absolute atomic E-state index is 0.771. The molecule has 3 aliphatic rings. The van der Waals surface area contributed by atoms with Gasteiger partial charge in [0.2, 0.25) is 0 Å². The second-order valence-corrected chi connectivity index (χ2v) is 5.67. The van der Waals surface area contributed by atoms with Gasteiger partial charge >= 0.3 is 0 Å². The summed E-state index contributed by atoms with van der Waals surface area (Å²) in [5, 5.41) is 1.06. The van der Waals surface area contributed by atoms with Crippen LogP contribution in [0.5, 0.6) is 0 Å². The normalized spacial score (nSPS) is 53.1. The van der Waals surface area contributed by atoms with Crippen LogP contribution in [0.1, 0.15) is 32.1 Å². The molecule has 1 saturated carbocycles. The Morgan fingerprint density at radius 3 is 3.18 bits per heavy atom. The maximum Gasteiger partial charge on any atom is 0.0347 e. The molecular weight excluding hydrogens is 152 g/mol. The van der Waals surface area contributed by atoms with Gasteiger partial charge in [-0.25, -0.2) is 0 Å². The van der Waals surface area contributed by atoms with Crippen LogP contribution in [0.15, 0.2) is 12.2 Å². The predicted octanol–water partition coefficient (Wildman–Crippen LogP) is 2.99. The lowest BCUT2D eigenvalue weighted by atomic mass is 9.73. The molecule has 0 amide bonds. The molecule has 1 spiro atoms. The van der Waals surface area contributed by atoms with E-state index in [2.05, 4.69) is 23.9 Å². The zero-order valence-corrected chi connectivity index (χ0v) is 7.57. The number of thioether (sulfide) groups is 1. The van der Waals surface area contributed by atoms with Crippen molar-refractivity contribution in [2.75, 3.05) is 0 Å².